The van der Waals surface area contributed by atoms with Gasteiger partial charge in [0.2, 0.25) is 0 Å². The van der Waals surface area contributed by atoms with E-state index in [1.165, 1.54) is 24.2 Å². The summed E-state index contributed by atoms with van der Waals surface area (Å²) < 4.78 is 3.96. The van der Waals surface area contributed by atoms with Gasteiger partial charge in [-0.1, -0.05) is 20.8 Å². The van der Waals surface area contributed by atoms with Crippen LogP contribution in [0.3, 0.4) is 0 Å². The molecule has 0 N–H and O–H groups in total. The highest BCUT2D eigenvalue weighted by atomic mass is 16.1. The Morgan fingerprint density at radius 1 is 1.15 bits per heavy atom. The number of rotatable bonds is 4. The van der Waals surface area contributed by atoms with Crippen molar-refractivity contribution in [1.82, 2.24) is 24.2 Å². The van der Waals surface area contributed by atoms with Crippen molar-refractivity contribution >= 4 is 0 Å². The molecule has 4 heterocycles. The summed E-state index contributed by atoms with van der Waals surface area (Å²) in [6, 6.07) is 3.98. The molecular formula is C21H31N5O. The van der Waals surface area contributed by atoms with Gasteiger partial charge in [-0.2, -0.15) is 5.10 Å². The number of aromatic nitrogens is 4. The van der Waals surface area contributed by atoms with Crippen molar-refractivity contribution in [2.24, 2.45) is 5.92 Å². The van der Waals surface area contributed by atoms with Crippen LogP contribution < -0.4 is 5.56 Å². The third-order valence-corrected chi connectivity index (χ3v) is 5.91. The first kappa shape index (κ1) is 18.4. The van der Waals surface area contributed by atoms with Gasteiger partial charge in [-0.15, -0.1) is 0 Å². The molecule has 2 aromatic rings. The lowest BCUT2D eigenvalue weighted by Gasteiger charge is -2.31. The number of likely N-dealkylation sites (tertiary alicyclic amines) is 1. The highest BCUT2D eigenvalue weighted by Crippen LogP contribution is 2.22. The van der Waals surface area contributed by atoms with Crippen molar-refractivity contribution in [3.05, 3.63) is 45.9 Å². The Morgan fingerprint density at radius 3 is 2.59 bits per heavy atom. The summed E-state index contributed by atoms with van der Waals surface area (Å²) >= 11 is 0. The number of hydrogen-bond donors (Lipinski definition) is 0. The predicted octanol–water partition coefficient (Wildman–Crippen LogP) is 2.60. The fourth-order valence-electron chi connectivity index (χ4n) is 4.20. The van der Waals surface area contributed by atoms with E-state index in [1.807, 2.05) is 0 Å². The van der Waals surface area contributed by atoms with Crippen LogP contribution in [0.2, 0.25) is 0 Å². The summed E-state index contributed by atoms with van der Waals surface area (Å²) in [5.41, 5.74) is 3.46. The van der Waals surface area contributed by atoms with Gasteiger partial charge in [0.25, 0.3) is 5.56 Å². The fourth-order valence-corrected chi connectivity index (χ4v) is 4.20. The maximum absolute atomic E-state index is 12.4. The summed E-state index contributed by atoms with van der Waals surface area (Å²) in [4.78, 5) is 19.4. The van der Waals surface area contributed by atoms with Crippen LogP contribution in [-0.2, 0) is 31.5 Å². The topological polar surface area (TPSA) is 56.0 Å². The van der Waals surface area contributed by atoms with E-state index in [4.69, 9.17) is 5.10 Å². The van der Waals surface area contributed by atoms with Crippen LogP contribution in [-0.4, -0.2) is 37.3 Å². The average molecular weight is 370 g/mol. The van der Waals surface area contributed by atoms with E-state index in [1.54, 1.807) is 17.0 Å². The van der Waals surface area contributed by atoms with Crippen molar-refractivity contribution in [2.75, 3.05) is 13.1 Å². The molecule has 0 spiro atoms. The molecule has 0 bridgehead atoms. The highest BCUT2D eigenvalue weighted by molar-refractivity contribution is 5.13. The smallest absolute Gasteiger partial charge is 0.253 e. The molecule has 0 aliphatic carbocycles. The molecule has 4 rings (SSSR count). The third-order valence-electron chi connectivity index (χ3n) is 5.91. The second-order valence-electron chi connectivity index (χ2n) is 9.19. The first-order chi connectivity index (χ1) is 12.9. The Balaban J connectivity index is 1.31. The van der Waals surface area contributed by atoms with E-state index in [0.717, 1.165) is 51.3 Å². The molecule has 1 saturated heterocycles. The summed E-state index contributed by atoms with van der Waals surface area (Å²) in [6.45, 7) is 11.2. The summed E-state index contributed by atoms with van der Waals surface area (Å²) in [5.74, 6) is 0.549. The molecule has 2 aliphatic heterocycles. The Labute approximate surface area is 161 Å². The van der Waals surface area contributed by atoms with E-state index >= 15 is 0 Å². The molecule has 1 fully saturated rings. The van der Waals surface area contributed by atoms with Crippen molar-refractivity contribution in [3.63, 3.8) is 0 Å². The highest BCUT2D eigenvalue weighted by Gasteiger charge is 2.22. The van der Waals surface area contributed by atoms with Crippen LogP contribution in [0.25, 0.3) is 0 Å². The molecule has 6 heteroatoms. The zero-order chi connectivity index (χ0) is 19.0. The van der Waals surface area contributed by atoms with Gasteiger partial charge in [-0.05, 0) is 50.8 Å². The zero-order valence-electron chi connectivity index (χ0n) is 16.8. The molecule has 0 aromatic carbocycles. The number of piperidine rings is 1. The molecule has 0 radical (unpaired) electrons. The quantitative estimate of drug-likeness (QED) is 0.831. The minimum Gasteiger partial charge on any atom is -0.299 e. The van der Waals surface area contributed by atoms with E-state index < -0.39 is 0 Å². The van der Waals surface area contributed by atoms with E-state index in [0.29, 0.717) is 5.92 Å². The van der Waals surface area contributed by atoms with Gasteiger partial charge < -0.3 is 0 Å². The maximum Gasteiger partial charge on any atom is 0.253 e. The minimum atomic E-state index is -0.0864. The second kappa shape index (κ2) is 7.23. The van der Waals surface area contributed by atoms with Gasteiger partial charge >= 0.3 is 0 Å². The minimum absolute atomic E-state index is 0.0740. The standard InChI is InChI=1S/C21H31N5O/c1-21(2,3)19-12-20(27)25(15-22-19)13-16-6-9-24(10-7-16)14-17-11-18-5-4-8-26(18)23-17/h11-12,15-16H,4-10,13-14H2,1-3H3. The van der Waals surface area contributed by atoms with Crippen molar-refractivity contribution in [1.29, 1.82) is 0 Å². The van der Waals surface area contributed by atoms with Crippen LogP contribution in [0, 0.1) is 5.92 Å². The van der Waals surface area contributed by atoms with E-state index in [2.05, 4.69) is 41.4 Å². The summed E-state index contributed by atoms with van der Waals surface area (Å²) in [7, 11) is 0. The number of hydrogen-bond acceptors (Lipinski definition) is 4. The predicted molar refractivity (Wildman–Crippen MR) is 106 cm³/mol. The monoisotopic (exact) mass is 369 g/mol. The largest absolute Gasteiger partial charge is 0.299 e. The molecule has 0 atom stereocenters. The van der Waals surface area contributed by atoms with Gasteiger partial charge in [0.1, 0.15) is 0 Å². The molecular weight excluding hydrogens is 338 g/mol. The van der Waals surface area contributed by atoms with Crippen LogP contribution >= 0.6 is 0 Å². The molecule has 27 heavy (non-hydrogen) atoms. The molecule has 0 saturated carbocycles. The second-order valence-corrected chi connectivity index (χ2v) is 9.19. The lowest BCUT2D eigenvalue weighted by Crippen LogP contribution is -2.36. The van der Waals surface area contributed by atoms with Gasteiger partial charge in [0.05, 0.1) is 17.7 Å². The first-order valence-corrected chi connectivity index (χ1v) is 10.2. The summed E-state index contributed by atoms with van der Waals surface area (Å²) in [5, 5.41) is 4.73. The zero-order valence-corrected chi connectivity index (χ0v) is 16.8. The van der Waals surface area contributed by atoms with Crippen molar-refractivity contribution in [3.8, 4) is 0 Å². The molecule has 0 unspecified atom stereocenters. The van der Waals surface area contributed by atoms with Crippen LogP contribution in [0.5, 0.6) is 0 Å². The van der Waals surface area contributed by atoms with E-state index in [9.17, 15) is 4.79 Å². The van der Waals surface area contributed by atoms with Gasteiger partial charge in [0.15, 0.2) is 0 Å². The van der Waals surface area contributed by atoms with Gasteiger partial charge in [-0.3, -0.25) is 18.9 Å². The number of fused-ring (bicyclic) bond motifs is 1. The Kier molecular flexibility index (Phi) is 4.93. The molecule has 6 nitrogen and oxygen atoms in total. The molecule has 2 aromatic heterocycles. The normalized spacial score (nSPS) is 18.8. The van der Waals surface area contributed by atoms with Crippen LogP contribution in [0.15, 0.2) is 23.3 Å². The Bertz CT molecular complexity index is 831. The fraction of sp³-hybridized carbons (Fsp3) is 0.667. The molecule has 0 amide bonds. The molecule has 2 aliphatic rings. The van der Waals surface area contributed by atoms with Gasteiger partial charge in [-0.25, -0.2) is 4.98 Å². The summed E-state index contributed by atoms with van der Waals surface area (Å²) in [6.07, 6.45) is 6.40. The van der Waals surface area contributed by atoms with Crippen molar-refractivity contribution in [2.45, 2.75) is 71.5 Å². The Morgan fingerprint density at radius 2 is 1.93 bits per heavy atom. The number of aryl methyl sites for hydroxylation is 2. The van der Waals surface area contributed by atoms with Crippen LogP contribution in [0.4, 0.5) is 0 Å². The average Bonchev–Trinajstić information content (AvgIpc) is 3.19. The lowest BCUT2D eigenvalue weighted by atomic mass is 9.92. The van der Waals surface area contributed by atoms with Gasteiger partial charge in [0, 0.05) is 36.8 Å². The lowest BCUT2D eigenvalue weighted by molar-refractivity contribution is 0.164. The van der Waals surface area contributed by atoms with Crippen LogP contribution in [0.1, 0.15) is 57.1 Å². The van der Waals surface area contributed by atoms with Crippen molar-refractivity contribution < 1.29 is 0 Å². The molecule has 146 valence electrons. The maximum atomic E-state index is 12.4. The Hall–Kier alpha value is -1.95. The number of nitrogens with zero attached hydrogens (tertiary/aromatic N) is 5. The first-order valence-electron chi connectivity index (χ1n) is 10.2. The third kappa shape index (κ3) is 4.15. The SMILES string of the molecule is CC(C)(C)c1cc(=O)n(CC2CCN(Cc3cc4n(n3)CCC4)CC2)cn1. The van der Waals surface area contributed by atoms with E-state index in [-0.39, 0.29) is 11.0 Å².